The summed E-state index contributed by atoms with van der Waals surface area (Å²) in [5.41, 5.74) is 8.52. The smallest absolute Gasteiger partial charge is 0.0236 e. The predicted octanol–water partition coefficient (Wildman–Crippen LogP) is 2.81. The molecule has 0 radical (unpaired) electrons. The minimum absolute atomic E-state index is 0.804. The molecule has 0 saturated heterocycles. The number of hydrogen-bond acceptors (Lipinski definition) is 2. The molecule has 17 heavy (non-hydrogen) atoms. The van der Waals surface area contributed by atoms with Crippen LogP contribution in [-0.2, 0) is 13.0 Å². The first kappa shape index (κ1) is 14.2. The van der Waals surface area contributed by atoms with Crippen molar-refractivity contribution >= 4 is 0 Å². The van der Waals surface area contributed by atoms with Crippen LogP contribution in [0.2, 0.25) is 0 Å². The second-order valence-corrected chi connectivity index (χ2v) is 4.48. The van der Waals surface area contributed by atoms with Crippen molar-refractivity contribution in [3.8, 4) is 0 Å². The SMILES string of the molecule is CCN(CC)Cc1ccccc1CCCCN. The van der Waals surface area contributed by atoms with E-state index in [4.69, 9.17) is 5.73 Å². The number of nitrogens with zero attached hydrogens (tertiary/aromatic N) is 1. The molecule has 0 fully saturated rings. The van der Waals surface area contributed by atoms with Gasteiger partial charge in [-0.25, -0.2) is 0 Å². The van der Waals surface area contributed by atoms with Gasteiger partial charge in [0.15, 0.2) is 0 Å². The molecule has 2 heteroatoms. The molecule has 96 valence electrons. The Labute approximate surface area is 106 Å². The van der Waals surface area contributed by atoms with Gasteiger partial charge in [0.2, 0.25) is 0 Å². The van der Waals surface area contributed by atoms with E-state index in [1.807, 2.05) is 0 Å². The van der Waals surface area contributed by atoms with Gasteiger partial charge in [-0.05, 0) is 50.0 Å². The number of benzene rings is 1. The molecule has 0 aliphatic rings. The van der Waals surface area contributed by atoms with Crippen LogP contribution in [0, 0.1) is 0 Å². The van der Waals surface area contributed by atoms with Crippen LogP contribution in [0.15, 0.2) is 24.3 Å². The molecule has 1 aromatic rings. The van der Waals surface area contributed by atoms with Crippen LogP contribution in [0.25, 0.3) is 0 Å². The van der Waals surface area contributed by atoms with Crippen LogP contribution in [-0.4, -0.2) is 24.5 Å². The van der Waals surface area contributed by atoms with Crippen molar-refractivity contribution in [3.05, 3.63) is 35.4 Å². The lowest BCUT2D eigenvalue weighted by atomic mass is 10.0. The first-order valence-electron chi connectivity index (χ1n) is 6.81. The summed E-state index contributed by atoms with van der Waals surface area (Å²) in [5, 5.41) is 0. The zero-order valence-corrected chi connectivity index (χ0v) is 11.3. The maximum atomic E-state index is 5.55. The molecular weight excluding hydrogens is 208 g/mol. The van der Waals surface area contributed by atoms with Gasteiger partial charge >= 0.3 is 0 Å². The Morgan fingerprint density at radius 2 is 1.65 bits per heavy atom. The minimum atomic E-state index is 0.804. The molecule has 2 nitrogen and oxygen atoms in total. The zero-order valence-electron chi connectivity index (χ0n) is 11.3. The van der Waals surface area contributed by atoms with Crippen molar-refractivity contribution in [3.63, 3.8) is 0 Å². The van der Waals surface area contributed by atoms with Crippen LogP contribution in [0.4, 0.5) is 0 Å². The number of aryl methyl sites for hydroxylation is 1. The number of hydrogen-bond donors (Lipinski definition) is 1. The normalized spacial score (nSPS) is 11.1. The largest absolute Gasteiger partial charge is 0.330 e. The molecule has 0 aromatic heterocycles. The van der Waals surface area contributed by atoms with Gasteiger partial charge < -0.3 is 5.73 Å². The lowest BCUT2D eigenvalue weighted by molar-refractivity contribution is 0.295. The van der Waals surface area contributed by atoms with Crippen LogP contribution in [0.3, 0.4) is 0 Å². The van der Waals surface area contributed by atoms with Crippen molar-refractivity contribution in [2.75, 3.05) is 19.6 Å². The van der Waals surface area contributed by atoms with Crippen molar-refractivity contribution in [2.45, 2.75) is 39.7 Å². The highest BCUT2D eigenvalue weighted by Gasteiger charge is 2.05. The third kappa shape index (κ3) is 4.88. The second kappa shape index (κ2) is 8.26. The first-order chi connectivity index (χ1) is 8.31. The van der Waals surface area contributed by atoms with Gasteiger partial charge in [0.05, 0.1) is 0 Å². The lowest BCUT2D eigenvalue weighted by Crippen LogP contribution is -2.22. The van der Waals surface area contributed by atoms with Crippen molar-refractivity contribution in [1.82, 2.24) is 4.90 Å². The number of rotatable bonds is 8. The average molecular weight is 234 g/mol. The van der Waals surface area contributed by atoms with E-state index in [2.05, 4.69) is 43.0 Å². The molecule has 0 atom stereocenters. The molecular formula is C15H26N2. The van der Waals surface area contributed by atoms with Crippen molar-refractivity contribution in [2.24, 2.45) is 5.73 Å². The summed E-state index contributed by atoms with van der Waals surface area (Å²) in [7, 11) is 0. The minimum Gasteiger partial charge on any atom is -0.330 e. The predicted molar refractivity (Wildman–Crippen MR) is 75.1 cm³/mol. The summed E-state index contributed by atoms with van der Waals surface area (Å²) in [4.78, 5) is 2.46. The van der Waals surface area contributed by atoms with Gasteiger partial charge in [-0.1, -0.05) is 38.1 Å². The van der Waals surface area contributed by atoms with Gasteiger partial charge in [-0.15, -0.1) is 0 Å². The molecule has 0 unspecified atom stereocenters. The van der Waals surface area contributed by atoms with Crippen LogP contribution in [0.5, 0.6) is 0 Å². The first-order valence-corrected chi connectivity index (χ1v) is 6.81. The Hall–Kier alpha value is -0.860. The summed E-state index contributed by atoms with van der Waals surface area (Å²) in [5.74, 6) is 0. The fraction of sp³-hybridized carbons (Fsp3) is 0.600. The van der Waals surface area contributed by atoms with E-state index in [1.54, 1.807) is 0 Å². The monoisotopic (exact) mass is 234 g/mol. The third-order valence-electron chi connectivity index (χ3n) is 3.31. The maximum Gasteiger partial charge on any atom is 0.0236 e. The van der Waals surface area contributed by atoms with Gasteiger partial charge in [0, 0.05) is 6.54 Å². The molecule has 0 saturated carbocycles. The number of nitrogens with two attached hydrogens (primary N) is 1. The molecule has 0 heterocycles. The topological polar surface area (TPSA) is 29.3 Å². The Morgan fingerprint density at radius 3 is 2.24 bits per heavy atom. The standard InChI is InChI=1S/C15H26N2/c1-3-17(4-2)13-15-11-6-5-9-14(15)10-7-8-12-16/h5-6,9,11H,3-4,7-8,10,12-13,16H2,1-2H3. The third-order valence-corrected chi connectivity index (χ3v) is 3.31. The highest BCUT2D eigenvalue weighted by Crippen LogP contribution is 2.14. The molecule has 0 bridgehead atoms. The van der Waals surface area contributed by atoms with Crippen LogP contribution < -0.4 is 5.73 Å². The maximum absolute atomic E-state index is 5.55. The molecule has 1 rings (SSSR count). The Kier molecular flexibility index (Phi) is 6.90. The van der Waals surface area contributed by atoms with E-state index < -0.39 is 0 Å². The summed E-state index contributed by atoms with van der Waals surface area (Å²) >= 11 is 0. The highest BCUT2D eigenvalue weighted by atomic mass is 15.1. The fourth-order valence-corrected chi connectivity index (χ4v) is 2.10. The fourth-order valence-electron chi connectivity index (χ4n) is 2.10. The molecule has 2 N–H and O–H groups in total. The highest BCUT2D eigenvalue weighted by molar-refractivity contribution is 5.27. The van der Waals surface area contributed by atoms with E-state index in [0.717, 1.165) is 39.0 Å². The average Bonchev–Trinajstić information content (AvgIpc) is 2.38. The summed E-state index contributed by atoms with van der Waals surface area (Å²) in [6.07, 6.45) is 3.49. The van der Waals surface area contributed by atoms with Gasteiger partial charge in [0.1, 0.15) is 0 Å². The molecule has 0 amide bonds. The molecule has 1 aromatic carbocycles. The number of unbranched alkanes of at least 4 members (excludes halogenated alkanes) is 1. The molecule has 0 spiro atoms. The van der Waals surface area contributed by atoms with E-state index in [-0.39, 0.29) is 0 Å². The van der Waals surface area contributed by atoms with Crippen LogP contribution in [0.1, 0.15) is 37.8 Å². The van der Waals surface area contributed by atoms with Gasteiger partial charge in [-0.2, -0.15) is 0 Å². The van der Waals surface area contributed by atoms with Crippen molar-refractivity contribution < 1.29 is 0 Å². The summed E-state index contributed by atoms with van der Waals surface area (Å²) < 4.78 is 0. The summed E-state index contributed by atoms with van der Waals surface area (Å²) in [6, 6.07) is 8.81. The van der Waals surface area contributed by atoms with E-state index in [0.29, 0.717) is 0 Å². The molecule has 0 aliphatic carbocycles. The van der Waals surface area contributed by atoms with E-state index >= 15 is 0 Å². The lowest BCUT2D eigenvalue weighted by Gasteiger charge is -2.20. The van der Waals surface area contributed by atoms with E-state index in [1.165, 1.54) is 17.5 Å². The Morgan fingerprint density at radius 1 is 1.00 bits per heavy atom. The Bertz CT molecular complexity index is 306. The Balaban J connectivity index is 2.63. The summed E-state index contributed by atoms with van der Waals surface area (Å²) in [6.45, 7) is 8.56. The second-order valence-electron chi connectivity index (χ2n) is 4.48. The quantitative estimate of drug-likeness (QED) is 0.701. The zero-order chi connectivity index (χ0) is 12.5. The van der Waals surface area contributed by atoms with Crippen molar-refractivity contribution in [1.29, 1.82) is 0 Å². The van der Waals surface area contributed by atoms with E-state index in [9.17, 15) is 0 Å². The molecule has 0 aliphatic heterocycles. The van der Waals surface area contributed by atoms with Gasteiger partial charge in [0.25, 0.3) is 0 Å². The van der Waals surface area contributed by atoms with Gasteiger partial charge in [-0.3, -0.25) is 4.90 Å². The van der Waals surface area contributed by atoms with Crippen LogP contribution >= 0.6 is 0 Å².